The van der Waals surface area contributed by atoms with Crippen LogP contribution in [0, 0.1) is 3.57 Å². The minimum absolute atomic E-state index is 0.00926. The highest BCUT2D eigenvalue weighted by molar-refractivity contribution is 14.1. The van der Waals surface area contributed by atoms with Gasteiger partial charge in [-0.1, -0.05) is 39.1 Å². The van der Waals surface area contributed by atoms with Gasteiger partial charge in [-0.2, -0.15) is 0 Å². The Morgan fingerprint density at radius 3 is 2.05 bits per heavy atom. The molecule has 0 aliphatic carbocycles. The summed E-state index contributed by atoms with van der Waals surface area (Å²) in [7, 11) is 0. The number of phenolic OH excluding ortho intramolecular Hbond substituents is 2. The van der Waals surface area contributed by atoms with Crippen LogP contribution in [0.2, 0.25) is 10.0 Å². The van der Waals surface area contributed by atoms with Crippen LogP contribution in [0.1, 0.15) is 20.7 Å². The number of aromatic hydroxyl groups is 2. The number of benzene rings is 2. The van der Waals surface area contributed by atoms with Gasteiger partial charge in [0, 0.05) is 9.50 Å². The van der Waals surface area contributed by atoms with Crippen molar-refractivity contribution in [2.75, 3.05) is 0 Å². The van der Waals surface area contributed by atoms with Crippen molar-refractivity contribution in [3.05, 3.63) is 53.5 Å². The Morgan fingerprint density at radius 1 is 0.955 bits per heavy atom. The Labute approximate surface area is 158 Å². The van der Waals surface area contributed by atoms with Crippen LogP contribution in [0.15, 0.2) is 28.7 Å². The van der Waals surface area contributed by atoms with E-state index in [1.54, 1.807) is 6.07 Å². The molecule has 0 fully saturated rings. The number of phenols is 2. The minimum atomic E-state index is -0.176. The number of halogens is 4. The molecule has 4 nitrogen and oxygen atoms in total. The smallest absolute Gasteiger partial charge is 0.153 e. The van der Waals surface area contributed by atoms with Crippen LogP contribution in [0.3, 0.4) is 0 Å². The van der Waals surface area contributed by atoms with Gasteiger partial charge in [-0.25, -0.2) is 0 Å². The average molecular weight is 518 g/mol. The van der Waals surface area contributed by atoms with Crippen LogP contribution < -0.4 is 0 Å². The zero-order valence-electron chi connectivity index (χ0n) is 10.7. The van der Waals surface area contributed by atoms with Crippen LogP contribution in [0.5, 0.6) is 11.5 Å². The van der Waals surface area contributed by atoms with E-state index in [2.05, 4.69) is 15.9 Å². The Bertz CT molecular complexity index is 661. The lowest BCUT2D eigenvalue weighted by atomic mass is 10.2. The first kappa shape index (κ1) is 19.2. The molecule has 0 aliphatic heterocycles. The van der Waals surface area contributed by atoms with Gasteiger partial charge in [0.25, 0.3) is 0 Å². The van der Waals surface area contributed by atoms with Crippen molar-refractivity contribution in [3.63, 3.8) is 0 Å². The average Bonchev–Trinajstić information content (AvgIpc) is 2.47. The fourth-order valence-electron chi connectivity index (χ4n) is 1.35. The lowest BCUT2D eigenvalue weighted by Crippen LogP contribution is -1.84. The Kier molecular flexibility index (Phi) is 7.61. The molecular formula is C14H8BrCl2IO4. The second-order valence-corrected chi connectivity index (χ2v) is 6.81. The van der Waals surface area contributed by atoms with Crippen LogP contribution >= 0.6 is 61.7 Å². The highest BCUT2D eigenvalue weighted by atomic mass is 127. The van der Waals surface area contributed by atoms with Crippen LogP contribution in [0.4, 0.5) is 0 Å². The van der Waals surface area contributed by atoms with E-state index in [9.17, 15) is 14.7 Å². The summed E-state index contributed by atoms with van der Waals surface area (Å²) in [5.74, 6) is -0.185. The molecule has 0 saturated heterocycles. The maximum absolute atomic E-state index is 10.3. The SMILES string of the molecule is O=Cc1cc(Br)cc(Cl)c1O.O=Cc1cc(Cl)cc(I)c1O. The van der Waals surface area contributed by atoms with Crippen molar-refractivity contribution in [2.24, 2.45) is 0 Å². The Hall–Kier alpha value is -0.830. The third-order valence-corrected chi connectivity index (χ3v) is 4.16. The third-order valence-electron chi connectivity index (χ3n) is 2.37. The van der Waals surface area contributed by atoms with Gasteiger partial charge in [-0.3, -0.25) is 9.59 Å². The van der Waals surface area contributed by atoms with Gasteiger partial charge in [-0.15, -0.1) is 0 Å². The van der Waals surface area contributed by atoms with Crippen LogP contribution in [-0.2, 0) is 0 Å². The molecule has 0 amide bonds. The second kappa shape index (κ2) is 8.71. The van der Waals surface area contributed by atoms with Gasteiger partial charge in [0.05, 0.1) is 19.7 Å². The van der Waals surface area contributed by atoms with E-state index in [-0.39, 0.29) is 27.6 Å². The van der Waals surface area contributed by atoms with Crippen molar-refractivity contribution < 1.29 is 19.8 Å². The molecular weight excluding hydrogens is 510 g/mol. The zero-order chi connectivity index (χ0) is 16.9. The van der Waals surface area contributed by atoms with E-state index in [1.807, 2.05) is 22.6 Å². The molecule has 0 unspecified atom stereocenters. The summed E-state index contributed by atoms with van der Waals surface area (Å²) >= 11 is 16.2. The molecule has 0 aliphatic rings. The predicted molar refractivity (Wildman–Crippen MR) is 97.4 cm³/mol. The molecule has 22 heavy (non-hydrogen) atoms. The zero-order valence-corrected chi connectivity index (χ0v) is 15.9. The fraction of sp³-hybridized carbons (Fsp3) is 0. The highest BCUT2D eigenvalue weighted by Crippen LogP contribution is 2.30. The van der Waals surface area contributed by atoms with Gasteiger partial charge < -0.3 is 10.2 Å². The first-order valence-corrected chi connectivity index (χ1v) is 8.19. The number of rotatable bonds is 2. The molecule has 2 N–H and O–H groups in total. The molecule has 2 rings (SSSR count). The lowest BCUT2D eigenvalue weighted by Gasteiger charge is -1.99. The standard InChI is InChI=1S/C7H4BrClO2.C7H4ClIO2/c2*8-5-1-4(3-10)7(11)6(9)2-5/h2*1-3,11H. The monoisotopic (exact) mass is 516 g/mol. The fourth-order valence-corrected chi connectivity index (χ4v) is 3.24. The minimum Gasteiger partial charge on any atom is -0.506 e. The maximum Gasteiger partial charge on any atom is 0.153 e. The molecule has 0 spiro atoms. The topological polar surface area (TPSA) is 74.6 Å². The molecule has 0 atom stereocenters. The summed E-state index contributed by atoms with van der Waals surface area (Å²) in [5, 5.41) is 19.0. The van der Waals surface area contributed by atoms with E-state index in [1.165, 1.54) is 18.2 Å². The normalized spacial score (nSPS) is 9.64. The first-order valence-electron chi connectivity index (χ1n) is 5.56. The van der Waals surface area contributed by atoms with Crippen LogP contribution in [0.25, 0.3) is 0 Å². The van der Waals surface area contributed by atoms with E-state index in [0.717, 1.165) is 0 Å². The lowest BCUT2D eigenvalue weighted by molar-refractivity contribution is 0.111. The molecule has 116 valence electrons. The summed E-state index contributed by atoms with van der Waals surface area (Å²) in [6.07, 6.45) is 1.12. The van der Waals surface area contributed by atoms with E-state index < -0.39 is 0 Å². The molecule has 0 radical (unpaired) electrons. The number of aldehydes is 2. The Balaban J connectivity index is 0.000000220. The summed E-state index contributed by atoms with van der Waals surface area (Å²) in [6.45, 7) is 0. The molecule has 8 heteroatoms. The van der Waals surface area contributed by atoms with Crippen molar-refractivity contribution >= 4 is 74.3 Å². The summed E-state index contributed by atoms with van der Waals surface area (Å²) in [6, 6.07) is 6.02. The Morgan fingerprint density at radius 2 is 1.50 bits per heavy atom. The van der Waals surface area contributed by atoms with Crippen molar-refractivity contribution in [2.45, 2.75) is 0 Å². The van der Waals surface area contributed by atoms with Crippen molar-refractivity contribution in [1.29, 1.82) is 0 Å². The first-order chi connectivity index (χ1) is 10.3. The largest absolute Gasteiger partial charge is 0.506 e. The number of hydrogen-bond acceptors (Lipinski definition) is 4. The third kappa shape index (κ3) is 5.12. The second-order valence-electron chi connectivity index (χ2n) is 3.89. The summed E-state index contributed by atoms with van der Waals surface area (Å²) in [5.41, 5.74) is 0.409. The van der Waals surface area contributed by atoms with E-state index >= 15 is 0 Å². The van der Waals surface area contributed by atoms with Gasteiger partial charge in [0.2, 0.25) is 0 Å². The molecule has 0 heterocycles. The van der Waals surface area contributed by atoms with Gasteiger partial charge in [-0.05, 0) is 46.9 Å². The highest BCUT2D eigenvalue weighted by Gasteiger charge is 2.06. The summed E-state index contributed by atoms with van der Waals surface area (Å²) < 4.78 is 1.25. The number of carbonyl (C=O) groups excluding carboxylic acids is 2. The van der Waals surface area contributed by atoms with Crippen LogP contribution in [-0.4, -0.2) is 22.8 Å². The van der Waals surface area contributed by atoms with Gasteiger partial charge in [0.1, 0.15) is 11.5 Å². The molecule has 0 bridgehead atoms. The van der Waals surface area contributed by atoms with Crippen molar-refractivity contribution in [1.82, 2.24) is 0 Å². The maximum atomic E-state index is 10.3. The number of carbonyl (C=O) groups is 2. The van der Waals surface area contributed by atoms with Gasteiger partial charge >= 0.3 is 0 Å². The molecule has 2 aromatic rings. The molecule has 0 aromatic heterocycles. The summed E-state index contributed by atoms with van der Waals surface area (Å²) in [4.78, 5) is 20.6. The quantitative estimate of drug-likeness (QED) is 0.430. The molecule has 0 saturated carbocycles. The number of hydrogen-bond donors (Lipinski definition) is 2. The van der Waals surface area contributed by atoms with E-state index in [0.29, 0.717) is 25.6 Å². The molecule has 2 aromatic carbocycles. The van der Waals surface area contributed by atoms with E-state index in [4.69, 9.17) is 28.3 Å². The predicted octanol–water partition coefficient (Wildman–Crippen LogP) is 5.08. The van der Waals surface area contributed by atoms with Crippen molar-refractivity contribution in [3.8, 4) is 11.5 Å². The van der Waals surface area contributed by atoms with Gasteiger partial charge in [0.15, 0.2) is 12.6 Å².